The number of benzene rings is 1. The smallest absolute Gasteiger partial charge is 0.244 e. The molecule has 0 heterocycles. The van der Waals surface area contributed by atoms with Crippen molar-refractivity contribution < 1.29 is 9.53 Å². The first-order valence-electron chi connectivity index (χ1n) is 10.0. The summed E-state index contributed by atoms with van der Waals surface area (Å²) in [6, 6.07) is 5.48. The predicted molar refractivity (Wildman–Crippen MR) is 120 cm³/mol. The van der Waals surface area contributed by atoms with Crippen molar-refractivity contribution in [3.8, 4) is 0 Å². The Morgan fingerprint density at radius 2 is 1.79 bits per heavy atom. The third-order valence-corrected chi connectivity index (χ3v) is 4.46. The Balaban J connectivity index is 2.05. The Morgan fingerprint density at radius 3 is 2.46 bits per heavy atom. The van der Waals surface area contributed by atoms with Gasteiger partial charge in [0.05, 0.1) is 6.61 Å². The van der Waals surface area contributed by atoms with Crippen molar-refractivity contribution in [3.05, 3.63) is 57.6 Å². The van der Waals surface area contributed by atoms with Gasteiger partial charge in [0.15, 0.2) is 0 Å². The summed E-state index contributed by atoms with van der Waals surface area (Å²) >= 11 is 11.9. The van der Waals surface area contributed by atoms with Gasteiger partial charge >= 0.3 is 0 Å². The lowest BCUT2D eigenvalue weighted by atomic mass is 10.1. The Hall–Kier alpha value is -1.29. The molecule has 0 aliphatic rings. The van der Waals surface area contributed by atoms with Gasteiger partial charge in [0.25, 0.3) is 0 Å². The summed E-state index contributed by atoms with van der Waals surface area (Å²) in [5, 5.41) is 4.17. The fourth-order valence-electron chi connectivity index (χ4n) is 2.58. The van der Waals surface area contributed by atoms with Crippen molar-refractivity contribution in [2.24, 2.45) is 5.92 Å². The van der Waals surface area contributed by atoms with Gasteiger partial charge in [-0.1, -0.05) is 62.0 Å². The molecule has 0 spiro atoms. The number of halogens is 2. The monoisotopic (exact) mass is 425 g/mol. The van der Waals surface area contributed by atoms with Gasteiger partial charge in [-0.3, -0.25) is 4.79 Å². The number of carbonyl (C=O) groups is 1. The van der Waals surface area contributed by atoms with Crippen LogP contribution in [-0.4, -0.2) is 19.1 Å². The molecule has 0 bridgehead atoms. The molecule has 0 aliphatic carbocycles. The standard InChI is InChI=1S/C23H33Cl2NO2/c1-18(2)16-26-23(27)12-19(3)10-8-6-4-5-7-9-11-28-17-20-13-21(24)15-22(25)14-20/h8,10,12-15,18H,4-7,9,11,16-17H2,1-3H3,(H,26,27). The van der Waals surface area contributed by atoms with Crippen molar-refractivity contribution in [3.63, 3.8) is 0 Å². The summed E-state index contributed by atoms with van der Waals surface area (Å²) < 4.78 is 5.68. The van der Waals surface area contributed by atoms with Gasteiger partial charge in [-0.2, -0.15) is 0 Å². The zero-order chi connectivity index (χ0) is 20.8. The quantitative estimate of drug-likeness (QED) is 0.216. The van der Waals surface area contributed by atoms with E-state index in [0.29, 0.717) is 29.1 Å². The molecule has 0 radical (unpaired) electrons. The molecule has 1 rings (SSSR count). The highest BCUT2D eigenvalue weighted by Gasteiger charge is 1.99. The largest absolute Gasteiger partial charge is 0.377 e. The first kappa shape index (κ1) is 24.7. The summed E-state index contributed by atoms with van der Waals surface area (Å²) in [4.78, 5) is 11.7. The fourth-order valence-corrected chi connectivity index (χ4v) is 3.16. The minimum atomic E-state index is -0.0177. The van der Waals surface area contributed by atoms with E-state index >= 15 is 0 Å². The summed E-state index contributed by atoms with van der Waals surface area (Å²) in [6.45, 7) is 8.11. The van der Waals surface area contributed by atoms with Crippen LogP contribution in [0.2, 0.25) is 10.0 Å². The van der Waals surface area contributed by atoms with Crippen LogP contribution in [0, 0.1) is 5.92 Å². The van der Waals surface area contributed by atoms with Crippen molar-refractivity contribution in [1.82, 2.24) is 5.32 Å². The van der Waals surface area contributed by atoms with Crippen LogP contribution in [0.25, 0.3) is 0 Å². The molecule has 0 unspecified atom stereocenters. The number of amides is 1. The van der Waals surface area contributed by atoms with E-state index in [-0.39, 0.29) is 5.91 Å². The number of hydrogen-bond acceptors (Lipinski definition) is 2. The van der Waals surface area contributed by atoms with Crippen molar-refractivity contribution in [2.45, 2.75) is 59.5 Å². The van der Waals surface area contributed by atoms with E-state index in [0.717, 1.165) is 43.4 Å². The van der Waals surface area contributed by atoms with Crippen molar-refractivity contribution >= 4 is 29.1 Å². The third-order valence-electron chi connectivity index (χ3n) is 4.02. The molecular weight excluding hydrogens is 393 g/mol. The zero-order valence-electron chi connectivity index (χ0n) is 17.3. The second-order valence-electron chi connectivity index (χ2n) is 7.46. The summed E-state index contributed by atoms with van der Waals surface area (Å²) in [6.07, 6.45) is 11.4. The molecule has 0 atom stereocenters. The highest BCUT2D eigenvalue weighted by atomic mass is 35.5. The van der Waals surface area contributed by atoms with Gasteiger partial charge < -0.3 is 10.1 Å². The van der Waals surface area contributed by atoms with Crippen LogP contribution < -0.4 is 5.32 Å². The third kappa shape index (κ3) is 13.0. The first-order chi connectivity index (χ1) is 13.4. The molecule has 0 aromatic heterocycles. The van der Waals surface area contributed by atoms with Crippen LogP contribution in [-0.2, 0) is 16.1 Å². The van der Waals surface area contributed by atoms with Crippen molar-refractivity contribution in [1.29, 1.82) is 0 Å². The number of nitrogens with one attached hydrogen (secondary N) is 1. The topological polar surface area (TPSA) is 38.3 Å². The zero-order valence-corrected chi connectivity index (χ0v) is 18.8. The van der Waals surface area contributed by atoms with Crippen LogP contribution >= 0.6 is 23.2 Å². The first-order valence-corrected chi connectivity index (χ1v) is 10.8. The van der Waals surface area contributed by atoms with Gasteiger partial charge in [-0.05, 0) is 61.4 Å². The fraction of sp³-hybridized carbons (Fsp3) is 0.522. The Bertz CT molecular complexity index is 634. The van der Waals surface area contributed by atoms with Gasteiger partial charge in [-0.15, -0.1) is 0 Å². The van der Waals surface area contributed by atoms with E-state index < -0.39 is 0 Å². The minimum Gasteiger partial charge on any atom is -0.377 e. The van der Waals surface area contributed by atoms with Crippen LogP contribution in [0.1, 0.15) is 58.4 Å². The molecule has 0 saturated carbocycles. The predicted octanol–water partition coefficient (Wildman–Crippen LogP) is 6.74. The van der Waals surface area contributed by atoms with Gasteiger partial charge in [-0.25, -0.2) is 0 Å². The highest BCUT2D eigenvalue weighted by Crippen LogP contribution is 2.19. The van der Waals surface area contributed by atoms with Crippen molar-refractivity contribution in [2.75, 3.05) is 13.2 Å². The number of unbranched alkanes of at least 4 members (excludes halogenated alkanes) is 4. The Morgan fingerprint density at radius 1 is 1.11 bits per heavy atom. The second-order valence-corrected chi connectivity index (χ2v) is 8.34. The van der Waals surface area contributed by atoms with Crippen LogP contribution in [0.15, 0.2) is 42.0 Å². The maximum Gasteiger partial charge on any atom is 0.244 e. The second kappa shape index (κ2) is 14.7. The molecule has 156 valence electrons. The molecule has 1 aromatic rings. The summed E-state index contributed by atoms with van der Waals surface area (Å²) in [7, 11) is 0. The number of allylic oxidation sites excluding steroid dienone is 3. The minimum absolute atomic E-state index is 0.0177. The van der Waals surface area contributed by atoms with E-state index in [1.807, 2.05) is 25.1 Å². The van der Waals surface area contributed by atoms with E-state index in [2.05, 4.69) is 25.2 Å². The molecule has 28 heavy (non-hydrogen) atoms. The molecular formula is C23H33Cl2NO2. The van der Waals surface area contributed by atoms with E-state index in [1.165, 1.54) is 6.42 Å². The SMILES string of the molecule is CC(C=CCCCCCCOCc1cc(Cl)cc(Cl)c1)=CC(=O)NCC(C)C. The molecule has 1 aromatic carbocycles. The van der Waals surface area contributed by atoms with Crippen LogP contribution in [0.5, 0.6) is 0 Å². The average Bonchev–Trinajstić information content (AvgIpc) is 2.60. The molecule has 0 aliphatic heterocycles. The number of carbonyl (C=O) groups excluding carboxylic acids is 1. The maximum atomic E-state index is 11.7. The molecule has 3 nitrogen and oxygen atoms in total. The van der Waals surface area contributed by atoms with Gasteiger partial charge in [0.1, 0.15) is 0 Å². The maximum absolute atomic E-state index is 11.7. The van der Waals surface area contributed by atoms with E-state index in [1.54, 1.807) is 12.1 Å². The Kier molecular flexibility index (Phi) is 13.0. The average molecular weight is 426 g/mol. The lowest BCUT2D eigenvalue weighted by Crippen LogP contribution is -2.25. The highest BCUT2D eigenvalue weighted by molar-refractivity contribution is 6.34. The van der Waals surface area contributed by atoms with Crippen LogP contribution in [0.3, 0.4) is 0 Å². The van der Waals surface area contributed by atoms with Gasteiger partial charge in [0, 0.05) is 29.3 Å². The summed E-state index contributed by atoms with van der Waals surface area (Å²) in [5.74, 6) is 0.449. The molecule has 1 N–H and O–H groups in total. The van der Waals surface area contributed by atoms with Gasteiger partial charge in [0.2, 0.25) is 5.91 Å². The lowest BCUT2D eigenvalue weighted by Gasteiger charge is -2.05. The number of ether oxygens (including phenoxy) is 1. The molecule has 5 heteroatoms. The normalized spacial score (nSPS) is 12.1. The van der Waals surface area contributed by atoms with E-state index in [4.69, 9.17) is 27.9 Å². The molecule has 1 amide bonds. The number of rotatable bonds is 13. The Labute approximate surface area is 180 Å². The van der Waals surface area contributed by atoms with E-state index in [9.17, 15) is 4.79 Å². The van der Waals surface area contributed by atoms with Crippen LogP contribution in [0.4, 0.5) is 0 Å². The molecule has 0 saturated heterocycles. The summed E-state index contributed by atoms with van der Waals surface area (Å²) in [5.41, 5.74) is 1.99. The lowest BCUT2D eigenvalue weighted by molar-refractivity contribution is -0.116. The number of hydrogen-bond donors (Lipinski definition) is 1. The molecule has 0 fully saturated rings.